The number of benzene rings is 4. The van der Waals surface area contributed by atoms with Crippen LogP contribution in [0.2, 0.25) is 0 Å². The number of hydrogen-bond acceptors (Lipinski definition) is 4. The molecule has 1 aromatic heterocycles. The molecule has 5 nitrogen and oxygen atoms in total. The first-order valence-corrected chi connectivity index (χ1v) is 11.7. The minimum atomic E-state index is -2.90. The molecule has 0 N–H and O–H groups in total. The van der Waals surface area contributed by atoms with Crippen molar-refractivity contribution in [2.45, 2.75) is 20.5 Å². The lowest BCUT2D eigenvalue weighted by molar-refractivity contribution is -0.0498. The van der Waals surface area contributed by atoms with E-state index in [2.05, 4.69) is 4.74 Å². The van der Waals surface area contributed by atoms with Crippen molar-refractivity contribution in [2.24, 2.45) is 0 Å². The predicted octanol–water partition coefficient (Wildman–Crippen LogP) is 7.04. The number of fused-ring (bicyclic) bond motifs is 2. The largest absolute Gasteiger partial charge is 0.454 e. The third-order valence-corrected chi connectivity index (χ3v) is 6.36. The maximum Gasteiger partial charge on any atom is 0.387 e. The zero-order chi connectivity index (χ0) is 26.1. The van der Waals surface area contributed by atoms with E-state index >= 15 is 0 Å². The fourth-order valence-corrected chi connectivity index (χ4v) is 4.73. The summed E-state index contributed by atoms with van der Waals surface area (Å²) in [6.45, 7) is 0.299. The van der Waals surface area contributed by atoms with Gasteiger partial charge in [-0.25, -0.2) is 4.79 Å². The predicted molar refractivity (Wildman–Crippen MR) is 138 cm³/mol. The molecule has 5 rings (SSSR count). The van der Waals surface area contributed by atoms with Gasteiger partial charge in [-0.2, -0.15) is 8.78 Å². The highest BCUT2D eigenvalue weighted by atomic mass is 19.3. The van der Waals surface area contributed by atoms with Gasteiger partial charge >= 0.3 is 12.6 Å². The Hall–Kier alpha value is -4.52. The van der Waals surface area contributed by atoms with E-state index < -0.39 is 19.2 Å². The van der Waals surface area contributed by atoms with Gasteiger partial charge in [-0.1, -0.05) is 48.5 Å². The van der Waals surface area contributed by atoms with Gasteiger partial charge in [-0.3, -0.25) is 4.79 Å². The number of nitrogens with zero attached hydrogens (tertiary/aromatic N) is 1. The van der Waals surface area contributed by atoms with Crippen LogP contribution in [0, 0.1) is 13.8 Å². The lowest BCUT2D eigenvalue weighted by Crippen LogP contribution is -2.15. The minimum absolute atomic E-state index is 0.0467. The SMILES string of the molecule is Cc1cc(C(=O)COC(=O)c2c3ccccc3cc3ccccc23)c(C)n1-c1ccc(OC(F)F)cc1. The summed E-state index contributed by atoms with van der Waals surface area (Å²) >= 11 is 0. The number of ketones is 1. The van der Waals surface area contributed by atoms with E-state index in [-0.39, 0.29) is 11.5 Å². The van der Waals surface area contributed by atoms with Gasteiger partial charge in [-0.05, 0) is 71.8 Å². The molecular formula is C30H23F2NO4. The third-order valence-electron chi connectivity index (χ3n) is 6.36. The molecule has 0 saturated carbocycles. The van der Waals surface area contributed by atoms with Gasteiger partial charge in [0, 0.05) is 22.6 Å². The summed E-state index contributed by atoms with van der Waals surface area (Å²) in [4.78, 5) is 26.4. The Kier molecular flexibility index (Phi) is 6.44. The molecule has 37 heavy (non-hydrogen) atoms. The number of Topliss-reactive ketones (excluding diaryl/α,β-unsaturated/α-hetero) is 1. The molecule has 0 spiro atoms. The number of alkyl halides is 2. The molecule has 0 aliphatic heterocycles. The molecule has 0 amide bonds. The Bertz CT molecular complexity index is 1580. The number of aryl methyl sites for hydroxylation is 1. The molecule has 7 heteroatoms. The Morgan fingerprint density at radius 2 is 1.43 bits per heavy atom. The van der Waals surface area contributed by atoms with E-state index in [4.69, 9.17) is 4.74 Å². The van der Waals surface area contributed by atoms with Crippen LogP contribution in [-0.2, 0) is 4.74 Å². The molecule has 0 unspecified atom stereocenters. The molecule has 0 saturated heterocycles. The number of carbonyl (C=O) groups is 2. The first-order chi connectivity index (χ1) is 17.8. The van der Waals surface area contributed by atoms with Crippen molar-refractivity contribution >= 4 is 33.3 Å². The van der Waals surface area contributed by atoms with Crippen molar-refractivity contribution in [3.05, 3.63) is 107 Å². The van der Waals surface area contributed by atoms with Gasteiger partial charge in [0.2, 0.25) is 5.78 Å². The van der Waals surface area contributed by atoms with E-state index in [1.807, 2.05) is 66.1 Å². The average molecular weight is 500 g/mol. The molecule has 5 aromatic rings. The van der Waals surface area contributed by atoms with Gasteiger partial charge in [-0.15, -0.1) is 0 Å². The minimum Gasteiger partial charge on any atom is -0.454 e. The molecular weight excluding hydrogens is 476 g/mol. The van der Waals surface area contributed by atoms with E-state index in [0.717, 1.165) is 27.2 Å². The number of rotatable bonds is 7. The zero-order valence-electron chi connectivity index (χ0n) is 20.2. The first kappa shape index (κ1) is 24.2. The van der Waals surface area contributed by atoms with Gasteiger partial charge < -0.3 is 14.0 Å². The summed E-state index contributed by atoms with van der Waals surface area (Å²) in [6.07, 6.45) is 0. The number of ether oxygens (including phenoxy) is 2. The van der Waals surface area contributed by atoms with Crippen LogP contribution in [0.4, 0.5) is 8.78 Å². The fraction of sp³-hybridized carbons (Fsp3) is 0.133. The van der Waals surface area contributed by atoms with Crippen LogP contribution in [0.25, 0.3) is 27.2 Å². The molecule has 0 bridgehead atoms. The summed E-state index contributed by atoms with van der Waals surface area (Å²) in [5.74, 6) is -0.856. The number of carbonyl (C=O) groups excluding carboxylic acids is 2. The Morgan fingerprint density at radius 1 is 0.838 bits per heavy atom. The molecule has 0 fully saturated rings. The maximum absolute atomic E-state index is 13.3. The standard InChI is InChI=1S/C30H23F2NO4/c1-18-15-26(19(2)33(18)22-11-13-23(14-12-22)37-30(31)32)27(34)17-36-29(35)28-24-9-5-3-7-20(24)16-21-8-4-6-10-25(21)28/h3-16,30H,17H2,1-2H3. The van der Waals surface area contributed by atoms with E-state index in [1.54, 1.807) is 25.1 Å². The van der Waals surface area contributed by atoms with Crippen LogP contribution in [0.5, 0.6) is 5.75 Å². The van der Waals surface area contributed by atoms with Gasteiger partial charge in [0.1, 0.15) is 5.75 Å². The van der Waals surface area contributed by atoms with Crippen LogP contribution < -0.4 is 4.74 Å². The highest BCUT2D eigenvalue weighted by molar-refractivity contribution is 6.17. The van der Waals surface area contributed by atoms with Crippen LogP contribution in [-0.4, -0.2) is 29.5 Å². The lowest BCUT2D eigenvalue weighted by Gasteiger charge is -2.12. The van der Waals surface area contributed by atoms with Gasteiger partial charge in [0.15, 0.2) is 6.61 Å². The summed E-state index contributed by atoms with van der Waals surface area (Å²) < 4.78 is 36.7. The third kappa shape index (κ3) is 4.68. The van der Waals surface area contributed by atoms with E-state index in [0.29, 0.717) is 22.5 Å². The van der Waals surface area contributed by atoms with Crippen molar-refractivity contribution < 1.29 is 27.8 Å². The first-order valence-electron chi connectivity index (χ1n) is 11.7. The molecule has 186 valence electrons. The van der Waals surface area contributed by atoms with Gasteiger partial charge in [0.05, 0.1) is 5.56 Å². The molecule has 0 radical (unpaired) electrons. The second-order valence-electron chi connectivity index (χ2n) is 8.69. The quantitative estimate of drug-likeness (QED) is 0.137. The Balaban J connectivity index is 1.39. The normalized spacial score (nSPS) is 11.3. The summed E-state index contributed by atoms with van der Waals surface area (Å²) in [5, 5.41) is 3.34. The second-order valence-corrected chi connectivity index (χ2v) is 8.69. The molecule has 0 aliphatic rings. The van der Waals surface area contributed by atoms with Gasteiger partial charge in [0.25, 0.3) is 0 Å². The number of esters is 1. The van der Waals surface area contributed by atoms with Crippen molar-refractivity contribution in [2.75, 3.05) is 6.61 Å². The highest BCUT2D eigenvalue weighted by Gasteiger charge is 2.21. The lowest BCUT2D eigenvalue weighted by atomic mass is 9.97. The van der Waals surface area contributed by atoms with Crippen LogP contribution in [0.1, 0.15) is 32.1 Å². The molecule has 1 heterocycles. The fourth-order valence-electron chi connectivity index (χ4n) is 4.73. The summed E-state index contributed by atoms with van der Waals surface area (Å²) in [6, 6.07) is 25.0. The second kappa shape index (κ2) is 9.85. The topological polar surface area (TPSA) is 57.5 Å². The average Bonchev–Trinajstić information content (AvgIpc) is 3.19. The summed E-state index contributed by atoms with van der Waals surface area (Å²) in [5.41, 5.74) is 2.96. The van der Waals surface area contributed by atoms with Crippen LogP contribution in [0.15, 0.2) is 84.9 Å². The number of halogens is 2. The van der Waals surface area contributed by atoms with E-state index in [1.165, 1.54) is 12.1 Å². The summed E-state index contributed by atoms with van der Waals surface area (Å²) in [7, 11) is 0. The maximum atomic E-state index is 13.3. The number of hydrogen-bond donors (Lipinski definition) is 0. The van der Waals surface area contributed by atoms with Crippen molar-refractivity contribution in [3.63, 3.8) is 0 Å². The monoisotopic (exact) mass is 499 g/mol. The van der Waals surface area contributed by atoms with Crippen molar-refractivity contribution in [3.8, 4) is 11.4 Å². The number of aromatic nitrogens is 1. The molecule has 0 atom stereocenters. The highest BCUT2D eigenvalue weighted by Crippen LogP contribution is 2.29. The smallest absolute Gasteiger partial charge is 0.387 e. The Morgan fingerprint density at radius 3 is 2.03 bits per heavy atom. The van der Waals surface area contributed by atoms with Crippen LogP contribution in [0.3, 0.4) is 0 Å². The zero-order valence-corrected chi connectivity index (χ0v) is 20.2. The van der Waals surface area contributed by atoms with Crippen molar-refractivity contribution in [1.29, 1.82) is 0 Å². The van der Waals surface area contributed by atoms with Crippen LogP contribution >= 0.6 is 0 Å². The molecule has 0 aliphatic carbocycles. The Labute approximate surface area is 211 Å². The van der Waals surface area contributed by atoms with E-state index in [9.17, 15) is 18.4 Å². The molecule has 4 aromatic carbocycles. The van der Waals surface area contributed by atoms with Crippen molar-refractivity contribution in [1.82, 2.24) is 4.57 Å².